The van der Waals surface area contributed by atoms with Gasteiger partial charge in [-0.3, -0.25) is 9.69 Å². The lowest BCUT2D eigenvalue weighted by atomic mass is 10.2. The number of rotatable bonds is 3. The summed E-state index contributed by atoms with van der Waals surface area (Å²) in [6.45, 7) is 5.87. The Morgan fingerprint density at radius 1 is 1.29 bits per heavy atom. The number of hydrogen-bond donors (Lipinski definition) is 0. The monoisotopic (exact) mass is 342 g/mol. The number of aromatic nitrogens is 2. The van der Waals surface area contributed by atoms with Gasteiger partial charge in [0.1, 0.15) is 5.52 Å². The van der Waals surface area contributed by atoms with Gasteiger partial charge in [0.05, 0.1) is 11.2 Å². The Kier molecular flexibility index (Phi) is 4.03. The van der Waals surface area contributed by atoms with Gasteiger partial charge >= 0.3 is 0 Å². The number of carbonyl (C=O) groups excluding carboxylic acids is 1. The van der Waals surface area contributed by atoms with Crippen molar-refractivity contribution in [2.45, 2.75) is 13.5 Å². The number of aryl methyl sites for hydroxylation is 1. The van der Waals surface area contributed by atoms with E-state index < -0.39 is 0 Å². The summed E-state index contributed by atoms with van der Waals surface area (Å²) in [4.78, 5) is 25.5. The minimum Gasteiger partial charge on any atom is -0.449 e. The van der Waals surface area contributed by atoms with Crippen molar-refractivity contribution in [3.8, 4) is 0 Å². The van der Waals surface area contributed by atoms with E-state index in [2.05, 4.69) is 20.2 Å². The standard InChI is InChI=1S/C17H18N4O2S/c1-12-2-3-15-14(19-12)8-16(23-15)17(22)21-6-4-20(5-7-21)9-13-10-24-11-18-13/h2-3,8,10-11H,4-7,9H2,1H3. The summed E-state index contributed by atoms with van der Waals surface area (Å²) >= 11 is 1.61. The molecule has 1 aliphatic heterocycles. The SMILES string of the molecule is Cc1ccc2oc(C(=O)N3CCN(Cc4cscn4)CC3)cc2n1. The van der Waals surface area contributed by atoms with Crippen molar-refractivity contribution in [2.24, 2.45) is 0 Å². The topological polar surface area (TPSA) is 62.5 Å². The molecule has 1 saturated heterocycles. The molecule has 4 heterocycles. The third-order valence-corrected chi connectivity index (χ3v) is 4.89. The fourth-order valence-electron chi connectivity index (χ4n) is 2.94. The van der Waals surface area contributed by atoms with E-state index in [1.165, 1.54) is 0 Å². The fraction of sp³-hybridized carbons (Fsp3) is 0.353. The highest BCUT2D eigenvalue weighted by molar-refractivity contribution is 7.07. The van der Waals surface area contributed by atoms with E-state index in [1.807, 2.05) is 29.5 Å². The first-order valence-electron chi connectivity index (χ1n) is 7.95. The van der Waals surface area contributed by atoms with Gasteiger partial charge in [-0.2, -0.15) is 0 Å². The first-order valence-corrected chi connectivity index (χ1v) is 8.89. The molecule has 1 amide bonds. The van der Waals surface area contributed by atoms with Gasteiger partial charge in [0.15, 0.2) is 11.3 Å². The summed E-state index contributed by atoms with van der Waals surface area (Å²) in [5.41, 5.74) is 5.26. The van der Waals surface area contributed by atoms with Gasteiger partial charge in [-0.25, -0.2) is 9.97 Å². The molecule has 1 aliphatic rings. The van der Waals surface area contributed by atoms with Gasteiger partial charge in [-0.1, -0.05) is 0 Å². The van der Waals surface area contributed by atoms with Crippen molar-refractivity contribution in [1.29, 1.82) is 0 Å². The minimum atomic E-state index is -0.0565. The van der Waals surface area contributed by atoms with E-state index in [0.29, 0.717) is 24.4 Å². The van der Waals surface area contributed by atoms with E-state index in [9.17, 15) is 4.79 Å². The minimum absolute atomic E-state index is 0.0565. The Morgan fingerprint density at radius 2 is 2.12 bits per heavy atom. The van der Waals surface area contributed by atoms with Crippen molar-refractivity contribution in [3.05, 3.63) is 46.2 Å². The smallest absolute Gasteiger partial charge is 0.289 e. The summed E-state index contributed by atoms with van der Waals surface area (Å²) in [6.07, 6.45) is 0. The lowest BCUT2D eigenvalue weighted by Crippen LogP contribution is -2.48. The second kappa shape index (κ2) is 6.33. The second-order valence-electron chi connectivity index (χ2n) is 5.99. The molecule has 3 aromatic heterocycles. The number of thiazole rings is 1. The molecule has 24 heavy (non-hydrogen) atoms. The quantitative estimate of drug-likeness (QED) is 0.732. The van der Waals surface area contributed by atoms with E-state index in [4.69, 9.17) is 4.42 Å². The van der Waals surface area contributed by atoms with Crippen LogP contribution in [-0.2, 0) is 6.54 Å². The lowest BCUT2D eigenvalue weighted by molar-refractivity contribution is 0.0599. The molecule has 124 valence electrons. The van der Waals surface area contributed by atoms with Crippen molar-refractivity contribution < 1.29 is 9.21 Å². The number of amides is 1. The largest absolute Gasteiger partial charge is 0.449 e. The molecule has 0 radical (unpaired) electrons. The third-order valence-electron chi connectivity index (χ3n) is 4.25. The van der Waals surface area contributed by atoms with Crippen molar-refractivity contribution >= 4 is 28.3 Å². The molecule has 0 N–H and O–H groups in total. The first kappa shape index (κ1) is 15.3. The molecular weight excluding hydrogens is 324 g/mol. The van der Waals surface area contributed by atoms with Crippen LogP contribution in [-0.4, -0.2) is 51.9 Å². The zero-order chi connectivity index (χ0) is 16.5. The van der Waals surface area contributed by atoms with E-state index in [0.717, 1.165) is 36.5 Å². The van der Waals surface area contributed by atoms with Gasteiger partial charge in [-0.05, 0) is 19.1 Å². The number of nitrogens with zero attached hydrogens (tertiary/aromatic N) is 4. The first-order chi connectivity index (χ1) is 11.7. The number of fused-ring (bicyclic) bond motifs is 1. The van der Waals surface area contributed by atoms with Crippen LogP contribution in [0.3, 0.4) is 0 Å². The highest BCUT2D eigenvalue weighted by atomic mass is 32.1. The number of piperazine rings is 1. The molecule has 0 aliphatic carbocycles. The van der Waals surface area contributed by atoms with E-state index >= 15 is 0 Å². The van der Waals surface area contributed by atoms with Gasteiger partial charge in [0.2, 0.25) is 0 Å². The van der Waals surface area contributed by atoms with Gasteiger partial charge in [-0.15, -0.1) is 11.3 Å². The molecule has 6 nitrogen and oxygen atoms in total. The van der Waals surface area contributed by atoms with Crippen molar-refractivity contribution in [1.82, 2.24) is 19.8 Å². The zero-order valence-corrected chi connectivity index (χ0v) is 14.3. The van der Waals surface area contributed by atoms with Crippen LogP contribution in [0.25, 0.3) is 11.1 Å². The van der Waals surface area contributed by atoms with Crippen LogP contribution >= 0.6 is 11.3 Å². The zero-order valence-electron chi connectivity index (χ0n) is 13.4. The van der Waals surface area contributed by atoms with Crippen LogP contribution < -0.4 is 0 Å². The van der Waals surface area contributed by atoms with Gasteiger partial charge in [0, 0.05) is 49.9 Å². The normalized spacial score (nSPS) is 16.0. The Morgan fingerprint density at radius 3 is 2.88 bits per heavy atom. The highest BCUT2D eigenvalue weighted by Gasteiger charge is 2.25. The average molecular weight is 342 g/mol. The molecule has 0 atom stereocenters. The average Bonchev–Trinajstić information content (AvgIpc) is 3.24. The highest BCUT2D eigenvalue weighted by Crippen LogP contribution is 2.20. The molecular formula is C17H18N4O2S. The third kappa shape index (κ3) is 3.05. The number of pyridine rings is 1. The van der Waals surface area contributed by atoms with Crippen LogP contribution in [0.2, 0.25) is 0 Å². The molecule has 0 unspecified atom stereocenters. The predicted octanol–water partition coefficient (Wildman–Crippen LogP) is 2.55. The maximum atomic E-state index is 12.7. The number of furan rings is 1. The van der Waals surface area contributed by atoms with Crippen molar-refractivity contribution in [2.75, 3.05) is 26.2 Å². The number of hydrogen-bond acceptors (Lipinski definition) is 6. The summed E-state index contributed by atoms with van der Waals surface area (Å²) in [5, 5.41) is 2.07. The summed E-state index contributed by atoms with van der Waals surface area (Å²) in [6, 6.07) is 5.49. The molecule has 0 aromatic carbocycles. The van der Waals surface area contributed by atoms with Crippen LogP contribution in [0.4, 0.5) is 0 Å². The molecule has 7 heteroatoms. The van der Waals surface area contributed by atoms with E-state index in [-0.39, 0.29) is 5.91 Å². The maximum absolute atomic E-state index is 12.7. The predicted molar refractivity (Wildman–Crippen MR) is 92.0 cm³/mol. The molecule has 3 aromatic rings. The summed E-state index contributed by atoms with van der Waals surface area (Å²) in [7, 11) is 0. The van der Waals surface area contributed by atoms with Crippen molar-refractivity contribution in [3.63, 3.8) is 0 Å². The molecule has 0 bridgehead atoms. The Labute approximate surface area is 143 Å². The maximum Gasteiger partial charge on any atom is 0.289 e. The molecule has 0 spiro atoms. The molecule has 4 rings (SSSR count). The fourth-order valence-corrected chi connectivity index (χ4v) is 3.49. The Hall–Kier alpha value is -2.25. The van der Waals surface area contributed by atoms with Gasteiger partial charge < -0.3 is 9.32 Å². The number of carbonyl (C=O) groups is 1. The summed E-state index contributed by atoms with van der Waals surface area (Å²) in [5.74, 6) is 0.315. The molecule has 0 saturated carbocycles. The van der Waals surface area contributed by atoms with Gasteiger partial charge in [0.25, 0.3) is 5.91 Å². The second-order valence-corrected chi connectivity index (χ2v) is 6.71. The lowest BCUT2D eigenvalue weighted by Gasteiger charge is -2.33. The Bertz CT molecular complexity index is 851. The van der Waals surface area contributed by atoms with Crippen LogP contribution in [0.1, 0.15) is 21.9 Å². The Balaban J connectivity index is 1.41. The van der Waals surface area contributed by atoms with Crippen LogP contribution in [0.5, 0.6) is 0 Å². The molecule has 1 fully saturated rings. The van der Waals surface area contributed by atoms with Crippen LogP contribution in [0, 0.1) is 6.92 Å². The summed E-state index contributed by atoms with van der Waals surface area (Å²) < 4.78 is 5.67. The van der Waals surface area contributed by atoms with E-state index in [1.54, 1.807) is 17.4 Å². The van der Waals surface area contributed by atoms with Crippen LogP contribution in [0.15, 0.2) is 33.5 Å².